The molecule has 0 spiro atoms. The van der Waals surface area contributed by atoms with E-state index in [9.17, 15) is 0 Å². The van der Waals surface area contributed by atoms with Crippen LogP contribution in [0.3, 0.4) is 0 Å². The van der Waals surface area contributed by atoms with E-state index < -0.39 is 0 Å². The van der Waals surface area contributed by atoms with Crippen molar-refractivity contribution in [2.45, 2.75) is 52.5 Å². The quantitative estimate of drug-likeness (QED) is 0.451. The predicted molar refractivity (Wildman–Crippen MR) is 54.4 cm³/mol. The Morgan fingerprint density at radius 2 is 1.73 bits per heavy atom. The van der Waals surface area contributed by atoms with Gasteiger partial charge in [-0.05, 0) is 13.0 Å². The van der Waals surface area contributed by atoms with Crippen LogP contribution in [0.25, 0.3) is 0 Å². The summed E-state index contributed by atoms with van der Waals surface area (Å²) >= 11 is 0. The van der Waals surface area contributed by atoms with Crippen molar-refractivity contribution in [1.82, 2.24) is 5.32 Å². The Morgan fingerprint density at radius 1 is 1.09 bits per heavy atom. The fourth-order valence-electron chi connectivity index (χ4n) is 0.943. The Bertz CT molecular complexity index is 64.6. The maximum absolute atomic E-state index is 3.40. The van der Waals surface area contributed by atoms with Crippen molar-refractivity contribution in [2.24, 2.45) is 0 Å². The van der Waals surface area contributed by atoms with Crippen LogP contribution in [0, 0.1) is 0 Å². The molecule has 0 aliphatic rings. The molecule has 1 N–H and O–H groups in total. The first kappa shape index (κ1) is 14.1. The van der Waals surface area contributed by atoms with E-state index in [1.54, 1.807) is 0 Å². The van der Waals surface area contributed by atoms with Crippen LogP contribution in [-0.2, 0) is 0 Å². The molecule has 0 rings (SSSR count). The topological polar surface area (TPSA) is 12.0 Å². The number of unbranched alkanes of at least 4 members (excludes halogenated alkanes) is 3. The van der Waals surface area contributed by atoms with Gasteiger partial charge >= 0.3 is 18.9 Å². The Hall–Kier alpha value is 0.557. The van der Waals surface area contributed by atoms with Crippen LogP contribution >= 0.6 is 0 Å². The molecule has 0 aromatic rings. The van der Waals surface area contributed by atoms with Crippen LogP contribution in [0.1, 0.15) is 46.5 Å². The van der Waals surface area contributed by atoms with Crippen LogP contribution in [0.2, 0.25) is 0 Å². The molecule has 0 bridgehead atoms. The van der Waals surface area contributed by atoms with Gasteiger partial charge in [0.1, 0.15) is 0 Å². The molecule has 11 heavy (non-hydrogen) atoms. The van der Waals surface area contributed by atoms with Crippen LogP contribution < -0.4 is 5.32 Å². The molecule has 64 valence electrons. The second-order valence-corrected chi connectivity index (χ2v) is 3.17. The van der Waals surface area contributed by atoms with Crippen molar-refractivity contribution < 1.29 is 0 Å². The molecule has 0 aromatic carbocycles. The van der Waals surface area contributed by atoms with E-state index in [1.165, 1.54) is 32.2 Å². The van der Waals surface area contributed by atoms with Gasteiger partial charge in [-0.2, -0.15) is 0 Å². The second kappa shape index (κ2) is 10.6. The Labute approximate surface area is 83.5 Å². The molecule has 2 heteroatoms. The zero-order valence-electron chi connectivity index (χ0n) is 7.61. The molecule has 0 aromatic heterocycles. The molecular formula is C9H22LiN. The molecule has 1 nitrogen and oxygen atoms in total. The molecule has 0 unspecified atom stereocenters. The first-order chi connectivity index (χ1) is 4.77. The summed E-state index contributed by atoms with van der Waals surface area (Å²) in [6, 6.07) is 0.654. The van der Waals surface area contributed by atoms with Crippen molar-refractivity contribution >= 4 is 18.9 Å². The zero-order valence-corrected chi connectivity index (χ0v) is 7.61. The molecule has 0 heterocycles. The molecule has 0 saturated carbocycles. The van der Waals surface area contributed by atoms with Gasteiger partial charge in [-0.15, -0.1) is 0 Å². The van der Waals surface area contributed by atoms with E-state index >= 15 is 0 Å². The van der Waals surface area contributed by atoms with Crippen molar-refractivity contribution in [3.05, 3.63) is 0 Å². The number of hydrogen-bond donors (Lipinski definition) is 1. The van der Waals surface area contributed by atoms with Crippen LogP contribution in [-0.4, -0.2) is 31.4 Å². The van der Waals surface area contributed by atoms with Crippen molar-refractivity contribution in [2.75, 3.05) is 6.54 Å². The molecule has 0 radical (unpaired) electrons. The first-order valence-electron chi connectivity index (χ1n) is 4.50. The molecule has 0 saturated heterocycles. The summed E-state index contributed by atoms with van der Waals surface area (Å²) in [6.45, 7) is 7.83. The van der Waals surface area contributed by atoms with Gasteiger partial charge in [0.15, 0.2) is 0 Å². The third kappa shape index (κ3) is 13.5. The van der Waals surface area contributed by atoms with Gasteiger partial charge in [0.2, 0.25) is 0 Å². The van der Waals surface area contributed by atoms with E-state index in [-0.39, 0.29) is 18.9 Å². The van der Waals surface area contributed by atoms with Crippen LogP contribution in [0.5, 0.6) is 0 Å². The predicted octanol–water partition coefficient (Wildman–Crippen LogP) is 1.92. The minimum atomic E-state index is 0. The van der Waals surface area contributed by atoms with Crippen molar-refractivity contribution in [3.63, 3.8) is 0 Å². The zero-order chi connectivity index (χ0) is 7.82. The van der Waals surface area contributed by atoms with E-state index in [0.717, 1.165) is 0 Å². The van der Waals surface area contributed by atoms with Gasteiger partial charge in [0.25, 0.3) is 0 Å². The third-order valence-electron chi connectivity index (χ3n) is 1.58. The summed E-state index contributed by atoms with van der Waals surface area (Å²) in [5, 5.41) is 3.40. The summed E-state index contributed by atoms with van der Waals surface area (Å²) in [6.07, 6.45) is 5.45. The summed E-state index contributed by atoms with van der Waals surface area (Å²) in [5.74, 6) is 0. The Kier molecular flexibility index (Phi) is 13.5. The molecule has 0 aliphatic carbocycles. The molecular weight excluding hydrogens is 129 g/mol. The number of hydrogen-bond acceptors (Lipinski definition) is 1. The summed E-state index contributed by atoms with van der Waals surface area (Å²) in [7, 11) is 0. The molecule has 0 atom stereocenters. The SMILES string of the molecule is CCCCCCNC(C)C.[LiH]. The van der Waals surface area contributed by atoms with Gasteiger partial charge < -0.3 is 5.32 Å². The van der Waals surface area contributed by atoms with Gasteiger partial charge in [0.05, 0.1) is 0 Å². The number of nitrogens with one attached hydrogen (secondary N) is 1. The molecule has 0 aliphatic heterocycles. The van der Waals surface area contributed by atoms with E-state index in [1.807, 2.05) is 0 Å². The average molecular weight is 151 g/mol. The summed E-state index contributed by atoms with van der Waals surface area (Å²) < 4.78 is 0. The fourth-order valence-corrected chi connectivity index (χ4v) is 0.943. The van der Waals surface area contributed by atoms with E-state index in [2.05, 4.69) is 26.1 Å². The van der Waals surface area contributed by atoms with Crippen molar-refractivity contribution in [3.8, 4) is 0 Å². The second-order valence-electron chi connectivity index (χ2n) is 3.17. The Morgan fingerprint density at radius 3 is 2.18 bits per heavy atom. The normalized spacial score (nSPS) is 9.82. The van der Waals surface area contributed by atoms with Gasteiger partial charge in [-0.3, -0.25) is 0 Å². The van der Waals surface area contributed by atoms with Gasteiger partial charge in [-0.1, -0.05) is 40.0 Å². The average Bonchev–Trinajstić information content (AvgIpc) is 1.87. The Balaban J connectivity index is 0. The fraction of sp³-hybridized carbons (Fsp3) is 1.00. The monoisotopic (exact) mass is 151 g/mol. The van der Waals surface area contributed by atoms with Crippen molar-refractivity contribution in [1.29, 1.82) is 0 Å². The number of rotatable bonds is 6. The van der Waals surface area contributed by atoms with Gasteiger partial charge in [-0.25, -0.2) is 0 Å². The van der Waals surface area contributed by atoms with E-state index in [4.69, 9.17) is 0 Å². The standard InChI is InChI=1S/C9H21N.Li.H/c1-4-5-6-7-8-10-9(2)3;;/h9-10H,4-8H2,1-3H3;;. The first-order valence-corrected chi connectivity index (χ1v) is 4.50. The minimum absolute atomic E-state index is 0. The van der Waals surface area contributed by atoms with Crippen LogP contribution in [0.4, 0.5) is 0 Å². The van der Waals surface area contributed by atoms with Gasteiger partial charge in [0, 0.05) is 6.04 Å². The van der Waals surface area contributed by atoms with Crippen LogP contribution in [0.15, 0.2) is 0 Å². The molecule has 0 fully saturated rings. The summed E-state index contributed by atoms with van der Waals surface area (Å²) in [5.41, 5.74) is 0. The maximum atomic E-state index is 3.40. The molecule has 0 amide bonds. The summed E-state index contributed by atoms with van der Waals surface area (Å²) in [4.78, 5) is 0. The van der Waals surface area contributed by atoms with E-state index in [0.29, 0.717) is 6.04 Å². The third-order valence-corrected chi connectivity index (χ3v) is 1.58.